The Morgan fingerprint density at radius 1 is 1.04 bits per heavy atom. The lowest BCUT2D eigenvalue weighted by Crippen LogP contribution is -2.19. The molecule has 0 unspecified atom stereocenters. The second-order valence-corrected chi connectivity index (χ2v) is 6.29. The van der Waals surface area contributed by atoms with E-state index < -0.39 is 0 Å². The van der Waals surface area contributed by atoms with Crippen LogP contribution >= 0.6 is 0 Å². The van der Waals surface area contributed by atoms with Crippen LogP contribution < -0.4 is 5.43 Å². The molecule has 3 aromatic rings. The molecule has 5 heteroatoms. The summed E-state index contributed by atoms with van der Waals surface area (Å²) in [5.41, 5.74) is 8.15. The van der Waals surface area contributed by atoms with Crippen molar-refractivity contribution < 1.29 is 4.79 Å². The van der Waals surface area contributed by atoms with Crippen LogP contribution in [0.3, 0.4) is 0 Å². The van der Waals surface area contributed by atoms with Crippen LogP contribution in [0.1, 0.15) is 39.8 Å². The first-order valence-electron chi connectivity index (χ1n) is 8.53. The van der Waals surface area contributed by atoms with Gasteiger partial charge < -0.3 is 0 Å². The first-order chi connectivity index (χ1) is 12.5. The molecule has 0 spiro atoms. The Bertz CT molecular complexity index is 924. The number of aromatic nitrogens is 2. The molecule has 1 aromatic heterocycles. The number of hydrogen-bond acceptors (Lipinski definition) is 3. The van der Waals surface area contributed by atoms with Gasteiger partial charge in [-0.25, -0.2) is 5.43 Å². The molecular weight excluding hydrogens is 324 g/mol. The fourth-order valence-electron chi connectivity index (χ4n) is 2.71. The van der Waals surface area contributed by atoms with Gasteiger partial charge in [-0.15, -0.1) is 0 Å². The average molecular weight is 346 g/mol. The fourth-order valence-corrected chi connectivity index (χ4v) is 2.71. The molecule has 1 N–H and O–H groups in total. The maximum absolute atomic E-state index is 12.3. The molecule has 0 aliphatic carbocycles. The van der Waals surface area contributed by atoms with Gasteiger partial charge in [0.15, 0.2) is 0 Å². The minimum absolute atomic E-state index is 0.224. The Kier molecular flexibility index (Phi) is 5.27. The van der Waals surface area contributed by atoms with Gasteiger partial charge in [0.05, 0.1) is 18.0 Å². The Morgan fingerprint density at radius 3 is 2.35 bits per heavy atom. The van der Waals surface area contributed by atoms with Crippen molar-refractivity contribution in [3.8, 4) is 0 Å². The van der Waals surface area contributed by atoms with E-state index in [4.69, 9.17) is 0 Å². The number of hydrogen-bond donors (Lipinski definition) is 1. The largest absolute Gasteiger partial charge is 0.271 e. The molecule has 0 atom stereocenters. The summed E-state index contributed by atoms with van der Waals surface area (Å²) in [6, 6.07) is 19.3. The number of nitrogens with one attached hydrogen (secondary N) is 1. The zero-order valence-electron chi connectivity index (χ0n) is 15.2. The van der Waals surface area contributed by atoms with Crippen LogP contribution in [0.2, 0.25) is 0 Å². The van der Waals surface area contributed by atoms with Crippen LogP contribution in [0.5, 0.6) is 0 Å². The highest BCUT2D eigenvalue weighted by atomic mass is 16.2. The first kappa shape index (κ1) is 17.6. The number of carbonyl (C=O) groups is 1. The molecule has 1 amide bonds. The van der Waals surface area contributed by atoms with Gasteiger partial charge in [0.1, 0.15) is 0 Å². The molecule has 0 fully saturated rings. The molecule has 3 rings (SSSR count). The smallest absolute Gasteiger partial charge is 0.267 e. The number of rotatable bonds is 5. The third kappa shape index (κ3) is 4.25. The van der Waals surface area contributed by atoms with E-state index in [1.165, 1.54) is 0 Å². The van der Waals surface area contributed by atoms with Crippen LogP contribution in [0.4, 0.5) is 0 Å². The summed E-state index contributed by atoms with van der Waals surface area (Å²) in [5, 5.41) is 8.64. The van der Waals surface area contributed by atoms with E-state index in [0.717, 1.165) is 28.2 Å². The van der Waals surface area contributed by atoms with Crippen molar-refractivity contribution in [3.63, 3.8) is 0 Å². The van der Waals surface area contributed by atoms with E-state index >= 15 is 0 Å². The number of nitrogens with zero attached hydrogens (tertiary/aromatic N) is 3. The van der Waals surface area contributed by atoms with Gasteiger partial charge >= 0.3 is 0 Å². The van der Waals surface area contributed by atoms with Crippen molar-refractivity contribution in [2.45, 2.75) is 27.3 Å². The van der Waals surface area contributed by atoms with Crippen LogP contribution in [0, 0.1) is 13.8 Å². The maximum atomic E-state index is 12.3. The van der Waals surface area contributed by atoms with Crippen LogP contribution in [-0.2, 0) is 6.54 Å². The lowest BCUT2D eigenvalue weighted by atomic mass is 10.1. The van der Waals surface area contributed by atoms with Crippen molar-refractivity contribution in [2.24, 2.45) is 5.10 Å². The molecule has 1 heterocycles. The molecule has 0 aliphatic heterocycles. The van der Waals surface area contributed by atoms with Crippen molar-refractivity contribution >= 4 is 11.6 Å². The molecule has 26 heavy (non-hydrogen) atoms. The molecule has 2 aromatic carbocycles. The molecule has 132 valence electrons. The topological polar surface area (TPSA) is 59.3 Å². The molecule has 0 bridgehead atoms. The Labute approximate surface area is 153 Å². The van der Waals surface area contributed by atoms with E-state index in [-0.39, 0.29) is 5.91 Å². The average Bonchev–Trinajstić information content (AvgIpc) is 2.97. The predicted molar refractivity (Wildman–Crippen MR) is 103 cm³/mol. The SMILES string of the molecule is CC(=NNC(=O)c1ccc(Cn2nc(C)cc2C)cc1)c1ccccc1. The number of aryl methyl sites for hydroxylation is 2. The van der Waals surface area contributed by atoms with Gasteiger partial charge in [-0.1, -0.05) is 42.5 Å². The summed E-state index contributed by atoms with van der Waals surface area (Å²) < 4.78 is 1.96. The zero-order chi connectivity index (χ0) is 18.5. The van der Waals surface area contributed by atoms with E-state index in [0.29, 0.717) is 12.1 Å². The monoisotopic (exact) mass is 346 g/mol. The van der Waals surface area contributed by atoms with E-state index in [9.17, 15) is 4.79 Å². The first-order valence-corrected chi connectivity index (χ1v) is 8.53. The summed E-state index contributed by atoms with van der Waals surface area (Å²) in [6.45, 7) is 6.57. The van der Waals surface area contributed by atoms with Crippen LogP contribution in [0.15, 0.2) is 65.8 Å². The fraction of sp³-hybridized carbons (Fsp3) is 0.190. The van der Waals surface area contributed by atoms with Crippen molar-refractivity contribution in [2.75, 3.05) is 0 Å². The summed E-state index contributed by atoms with van der Waals surface area (Å²) in [5.74, 6) is -0.224. The highest BCUT2D eigenvalue weighted by Gasteiger charge is 2.07. The second-order valence-electron chi connectivity index (χ2n) is 6.29. The number of amides is 1. The molecule has 0 saturated carbocycles. The summed E-state index contributed by atoms with van der Waals surface area (Å²) >= 11 is 0. The number of hydrazone groups is 1. The Morgan fingerprint density at radius 2 is 1.73 bits per heavy atom. The lowest BCUT2D eigenvalue weighted by Gasteiger charge is -2.06. The van der Waals surface area contributed by atoms with Gasteiger partial charge in [0, 0.05) is 11.3 Å². The molecule has 0 radical (unpaired) electrons. The predicted octanol–water partition coefficient (Wildman–Crippen LogP) is 3.70. The maximum Gasteiger partial charge on any atom is 0.271 e. The van der Waals surface area contributed by atoms with E-state index in [2.05, 4.69) is 21.7 Å². The third-order valence-electron chi connectivity index (χ3n) is 4.17. The van der Waals surface area contributed by atoms with Crippen molar-refractivity contribution in [3.05, 3.63) is 88.7 Å². The number of carbonyl (C=O) groups excluding carboxylic acids is 1. The summed E-state index contributed by atoms with van der Waals surface area (Å²) in [7, 11) is 0. The summed E-state index contributed by atoms with van der Waals surface area (Å²) in [6.07, 6.45) is 0. The zero-order valence-corrected chi connectivity index (χ0v) is 15.2. The molecule has 5 nitrogen and oxygen atoms in total. The van der Waals surface area contributed by atoms with Gasteiger partial charge in [-0.2, -0.15) is 10.2 Å². The summed E-state index contributed by atoms with van der Waals surface area (Å²) in [4.78, 5) is 12.3. The van der Waals surface area contributed by atoms with Crippen LogP contribution in [0.25, 0.3) is 0 Å². The van der Waals surface area contributed by atoms with Gasteiger partial charge in [-0.05, 0) is 50.1 Å². The molecule has 0 saturated heterocycles. The van der Waals surface area contributed by atoms with Gasteiger partial charge in [0.25, 0.3) is 5.91 Å². The van der Waals surface area contributed by atoms with Crippen molar-refractivity contribution in [1.29, 1.82) is 0 Å². The second kappa shape index (κ2) is 7.78. The molecular formula is C21H22N4O. The van der Waals surface area contributed by atoms with E-state index in [1.807, 2.05) is 80.1 Å². The number of benzene rings is 2. The Balaban J connectivity index is 1.64. The van der Waals surface area contributed by atoms with Gasteiger partial charge in [-0.3, -0.25) is 9.48 Å². The Hall–Kier alpha value is -3.21. The quantitative estimate of drug-likeness (QED) is 0.566. The van der Waals surface area contributed by atoms with E-state index in [1.54, 1.807) is 0 Å². The minimum Gasteiger partial charge on any atom is -0.267 e. The third-order valence-corrected chi connectivity index (χ3v) is 4.17. The van der Waals surface area contributed by atoms with Crippen molar-refractivity contribution in [1.82, 2.24) is 15.2 Å². The molecule has 0 aliphatic rings. The normalized spacial score (nSPS) is 11.4. The van der Waals surface area contributed by atoms with Gasteiger partial charge in [0.2, 0.25) is 0 Å². The standard InChI is InChI=1S/C21H22N4O/c1-15-13-16(2)25(24-15)14-18-9-11-20(12-10-18)21(26)23-22-17(3)19-7-5-4-6-8-19/h4-13H,14H2,1-3H3,(H,23,26). The van der Waals surface area contributed by atoms with Crippen LogP contribution in [-0.4, -0.2) is 21.4 Å². The highest BCUT2D eigenvalue weighted by molar-refractivity contribution is 6.00. The highest BCUT2D eigenvalue weighted by Crippen LogP contribution is 2.09. The minimum atomic E-state index is -0.224. The lowest BCUT2D eigenvalue weighted by molar-refractivity contribution is 0.0955.